The number of carbonyl (C=O) groups is 4. The molecule has 30 heavy (non-hydrogen) atoms. The van der Waals surface area contributed by atoms with Crippen molar-refractivity contribution in [1.29, 1.82) is 0 Å². The summed E-state index contributed by atoms with van der Waals surface area (Å²) in [5.41, 5.74) is -1.22. The summed E-state index contributed by atoms with van der Waals surface area (Å²) in [4.78, 5) is 56.3. The predicted molar refractivity (Wildman–Crippen MR) is 98.0 cm³/mol. The minimum atomic E-state index is -1.45. The van der Waals surface area contributed by atoms with Gasteiger partial charge >= 0.3 is 23.9 Å². The molecule has 0 saturated carbocycles. The normalized spacial score (nSPS) is 11.3. The topological polar surface area (TPSA) is 204 Å². The third-order valence-corrected chi connectivity index (χ3v) is 4.46. The van der Waals surface area contributed by atoms with Gasteiger partial charge in [0.05, 0.1) is 23.0 Å². The van der Waals surface area contributed by atoms with Crippen molar-refractivity contribution in [3.8, 4) is 0 Å². The van der Waals surface area contributed by atoms with Gasteiger partial charge in [-0.15, -0.1) is 0 Å². The van der Waals surface area contributed by atoms with E-state index in [1.165, 1.54) is 6.07 Å². The molecule has 0 atom stereocenters. The zero-order chi connectivity index (χ0) is 21.7. The van der Waals surface area contributed by atoms with Crippen LogP contribution in [0, 0.1) is 0 Å². The Balaban J connectivity index is 2.19. The average molecular weight is 413 g/mol. The lowest BCUT2D eigenvalue weighted by Crippen LogP contribution is -2.07. The van der Waals surface area contributed by atoms with Gasteiger partial charge in [0.25, 0.3) is 0 Å². The Morgan fingerprint density at radius 2 is 1.67 bits per heavy atom. The molecule has 12 nitrogen and oxygen atoms in total. The van der Waals surface area contributed by atoms with Crippen molar-refractivity contribution in [3.05, 3.63) is 35.0 Å². The lowest BCUT2D eigenvalue weighted by atomic mass is 10.0. The molecule has 3 aromatic heterocycles. The van der Waals surface area contributed by atoms with E-state index in [2.05, 4.69) is 15.0 Å². The maximum atomic E-state index is 11.8. The molecule has 4 aromatic rings. The molecule has 0 amide bonds. The number of fused-ring (bicyclic) bond motifs is 6. The van der Waals surface area contributed by atoms with Crippen LogP contribution in [0.2, 0.25) is 0 Å². The van der Waals surface area contributed by atoms with Gasteiger partial charge in [-0.2, -0.15) is 0 Å². The number of aromatic amines is 1. The largest absolute Gasteiger partial charge is 0.481 e. The lowest BCUT2D eigenvalue weighted by Gasteiger charge is -2.07. The molecule has 0 spiro atoms. The molecule has 0 radical (unpaired) electrons. The van der Waals surface area contributed by atoms with E-state index in [0.717, 1.165) is 6.07 Å². The molecule has 152 valence electrons. The Labute approximate surface area is 164 Å². The highest BCUT2D eigenvalue weighted by atomic mass is 16.4. The summed E-state index contributed by atoms with van der Waals surface area (Å²) < 4.78 is 5.61. The number of carboxylic acids is 4. The zero-order valence-electron chi connectivity index (χ0n) is 14.8. The summed E-state index contributed by atoms with van der Waals surface area (Å²) in [6.45, 7) is 0. The molecule has 12 heteroatoms. The number of H-pyrrole nitrogens is 1. The van der Waals surface area contributed by atoms with Gasteiger partial charge in [-0.1, -0.05) is 0 Å². The van der Waals surface area contributed by atoms with Crippen LogP contribution in [0.15, 0.2) is 16.5 Å². The van der Waals surface area contributed by atoms with Gasteiger partial charge in [-0.3, -0.25) is 4.79 Å². The molecular formula is C18H11N3O9. The smallest absolute Gasteiger partial charge is 0.354 e. The Bertz CT molecular complexity index is 1410. The van der Waals surface area contributed by atoms with Crippen LogP contribution in [0.25, 0.3) is 32.9 Å². The molecule has 0 unspecified atom stereocenters. The standard InChI is InChI=1S/C18H11N3O9/c22-10(23)2-1-9-21-14-13-11(5(16(24)25)3-7(20-13)17(26)27)12-6(15(14)30-9)4-8(19-12)18(28)29/h3-4,20H,1-2H2,(H,22,23)(H,24,25)(H,26,27)(H,28,29). The fourth-order valence-electron chi connectivity index (χ4n) is 3.22. The van der Waals surface area contributed by atoms with E-state index in [0.29, 0.717) is 0 Å². The molecule has 1 aromatic carbocycles. The van der Waals surface area contributed by atoms with E-state index in [1.807, 2.05) is 0 Å². The van der Waals surface area contributed by atoms with Gasteiger partial charge in [0.2, 0.25) is 0 Å². The minimum absolute atomic E-state index is 0.00489. The van der Waals surface area contributed by atoms with Crippen LogP contribution < -0.4 is 0 Å². The van der Waals surface area contributed by atoms with Gasteiger partial charge in [0.15, 0.2) is 11.5 Å². The van der Waals surface area contributed by atoms with Crippen molar-refractivity contribution < 1.29 is 44.0 Å². The Morgan fingerprint density at radius 3 is 2.27 bits per heavy atom. The van der Waals surface area contributed by atoms with Gasteiger partial charge in [-0.05, 0) is 12.1 Å². The van der Waals surface area contributed by atoms with Crippen molar-refractivity contribution in [3.63, 3.8) is 0 Å². The molecule has 0 aliphatic rings. The quantitative estimate of drug-likeness (QED) is 0.309. The van der Waals surface area contributed by atoms with Gasteiger partial charge in [0, 0.05) is 17.2 Å². The molecule has 5 N–H and O–H groups in total. The number of hydrogen-bond acceptors (Lipinski definition) is 7. The van der Waals surface area contributed by atoms with Crippen molar-refractivity contribution in [2.45, 2.75) is 12.8 Å². The van der Waals surface area contributed by atoms with E-state index in [4.69, 9.17) is 9.52 Å². The molecular weight excluding hydrogens is 402 g/mol. The third-order valence-electron chi connectivity index (χ3n) is 4.46. The second kappa shape index (κ2) is 6.55. The number of nitrogens with zero attached hydrogens (tertiary/aromatic N) is 2. The lowest BCUT2D eigenvalue weighted by molar-refractivity contribution is -0.137. The third kappa shape index (κ3) is 2.87. The number of pyridine rings is 1. The summed E-state index contributed by atoms with van der Waals surface area (Å²) >= 11 is 0. The Kier molecular flexibility index (Phi) is 4.12. The molecule has 3 heterocycles. The molecule has 0 aliphatic carbocycles. The van der Waals surface area contributed by atoms with Gasteiger partial charge in [-0.25, -0.2) is 24.4 Å². The number of carboxylic acid groups (broad SMARTS) is 4. The Morgan fingerprint density at radius 1 is 0.933 bits per heavy atom. The van der Waals surface area contributed by atoms with Crippen LogP contribution in [0.5, 0.6) is 0 Å². The number of nitrogens with one attached hydrogen (secondary N) is 1. The maximum Gasteiger partial charge on any atom is 0.354 e. The predicted octanol–water partition coefficient (Wildman–Crippen LogP) is 1.97. The summed E-state index contributed by atoms with van der Waals surface area (Å²) in [7, 11) is 0. The zero-order valence-corrected chi connectivity index (χ0v) is 14.8. The second-order valence-corrected chi connectivity index (χ2v) is 6.34. The van der Waals surface area contributed by atoms with Crippen LogP contribution in [-0.4, -0.2) is 59.3 Å². The first kappa shape index (κ1) is 18.9. The molecule has 4 rings (SSSR count). The first-order valence-corrected chi connectivity index (χ1v) is 8.38. The number of hydrogen-bond donors (Lipinski definition) is 5. The maximum absolute atomic E-state index is 11.8. The van der Waals surface area contributed by atoms with Crippen LogP contribution in [0.4, 0.5) is 0 Å². The minimum Gasteiger partial charge on any atom is -0.481 e. The number of oxazole rings is 1. The highest BCUT2D eigenvalue weighted by Crippen LogP contribution is 2.37. The van der Waals surface area contributed by atoms with Crippen molar-refractivity contribution in [1.82, 2.24) is 15.0 Å². The van der Waals surface area contributed by atoms with E-state index < -0.39 is 35.1 Å². The number of rotatable bonds is 6. The highest BCUT2D eigenvalue weighted by molar-refractivity contribution is 6.26. The van der Waals surface area contributed by atoms with Crippen molar-refractivity contribution in [2.24, 2.45) is 0 Å². The van der Waals surface area contributed by atoms with Crippen LogP contribution in [-0.2, 0) is 11.2 Å². The monoisotopic (exact) mass is 413 g/mol. The number of aromatic carboxylic acids is 3. The summed E-state index contributed by atoms with van der Waals surface area (Å²) in [6, 6.07) is 2.08. The Hall–Kier alpha value is -4.48. The number of aryl methyl sites for hydroxylation is 1. The molecule has 0 aliphatic heterocycles. The fourth-order valence-corrected chi connectivity index (χ4v) is 3.22. The summed E-state index contributed by atoms with van der Waals surface area (Å²) in [5, 5.41) is 37.2. The fraction of sp³-hybridized carbons (Fsp3) is 0.111. The highest BCUT2D eigenvalue weighted by Gasteiger charge is 2.25. The molecule has 0 fully saturated rings. The van der Waals surface area contributed by atoms with Gasteiger partial charge < -0.3 is 29.8 Å². The van der Waals surface area contributed by atoms with Crippen molar-refractivity contribution in [2.75, 3.05) is 0 Å². The summed E-state index contributed by atoms with van der Waals surface area (Å²) in [5.74, 6) is -5.33. The first-order valence-electron chi connectivity index (χ1n) is 8.38. The van der Waals surface area contributed by atoms with E-state index in [-0.39, 0.29) is 57.3 Å². The number of aromatic nitrogens is 3. The van der Waals surface area contributed by atoms with Gasteiger partial charge in [0.1, 0.15) is 16.9 Å². The van der Waals surface area contributed by atoms with Crippen LogP contribution >= 0.6 is 0 Å². The average Bonchev–Trinajstić information content (AvgIpc) is 3.29. The van der Waals surface area contributed by atoms with E-state index >= 15 is 0 Å². The number of aliphatic carboxylic acids is 1. The second-order valence-electron chi connectivity index (χ2n) is 6.34. The number of benzene rings is 1. The van der Waals surface area contributed by atoms with Crippen molar-refractivity contribution >= 4 is 56.8 Å². The van der Waals surface area contributed by atoms with Crippen LogP contribution in [0.1, 0.15) is 43.6 Å². The SMILES string of the molecule is O=C(O)CCc1nc2c3[nH]c(C(=O)O)cc(C(=O)O)c3c3nc(C(=O)O)cc3c2o1. The van der Waals surface area contributed by atoms with E-state index in [9.17, 15) is 34.5 Å². The van der Waals surface area contributed by atoms with E-state index in [1.54, 1.807) is 0 Å². The first-order chi connectivity index (χ1) is 14.2. The summed E-state index contributed by atoms with van der Waals surface area (Å²) in [6.07, 6.45) is -0.380. The van der Waals surface area contributed by atoms with Crippen LogP contribution in [0.3, 0.4) is 0 Å². The molecule has 0 bridgehead atoms. The molecule has 0 saturated heterocycles.